The van der Waals surface area contributed by atoms with Crippen LogP contribution in [0.1, 0.15) is 18.2 Å². The molecule has 0 amide bonds. The lowest BCUT2D eigenvalue weighted by atomic mass is 10.3. The van der Waals surface area contributed by atoms with Gasteiger partial charge >= 0.3 is 0 Å². The summed E-state index contributed by atoms with van der Waals surface area (Å²) in [6.45, 7) is 6.44. The number of rotatable bonds is 2. The molecule has 2 aromatic heterocycles. The minimum Gasteiger partial charge on any atom is -0.355 e. The van der Waals surface area contributed by atoms with Crippen molar-refractivity contribution in [3.05, 3.63) is 17.3 Å². The molecule has 1 fully saturated rings. The first-order chi connectivity index (χ1) is 8.88. The average molecular weight is 262 g/mol. The van der Waals surface area contributed by atoms with Gasteiger partial charge in [-0.2, -0.15) is 0 Å². The van der Waals surface area contributed by atoms with E-state index in [0.717, 1.165) is 43.2 Å². The monoisotopic (exact) mass is 262 g/mol. The van der Waals surface area contributed by atoms with Crippen molar-refractivity contribution < 1.29 is 0 Å². The lowest BCUT2D eigenvalue weighted by Gasteiger charge is -2.21. The van der Waals surface area contributed by atoms with Gasteiger partial charge in [0.25, 0.3) is 0 Å². The first-order valence-corrected chi connectivity index (χ1v) is 7.39. The Bertz CT molecular complexity index is 529. The van der Waals surface area contributed by atoms with Crippen molar-refractivity contribution in [1.82, 2.24) is 15.3 Å². The third-order valence-corrected chi connectivity index (χ3v) is 4.53. The molecular weight excluding hydrogens is 244 g/mol. The van der Waals surface area contributed by atoms with Gasteiger partial charge in [-0.3, -0.25) is 0 Å². The molecule has 0 spiro atoms. The Morgan fingerprint density at radius 3 is 3.17 bits per heavy atom. The maximum Gasteiger partial charge on any atom is 0.140 e. The molecule has 0 radical (unpaired) electrons. The zero-order chi connectivity index (χ0) is 12.4. The maximum atomic E-state index is 4.51. The van der Waals surface area contributed by atoms with Crippen LogP contribution >= 0.6 is 11.3 Å². The lowest BCUT2D eigenvalue weighted by Crippen LogP contribution is -2.28. The van der Waals surface area contributed by atoms with Crippen LogP contribution in [0.25, 0.3) is 10.2 Å². The van der Waals surface area contributed by atoms with Crippen LogP contribution < -0.4 is 10.2 Å². The van der Waals surface area contributed by atoms with Crippen LogP contribution in [-0.2, 0) is 6.42 Å². The lowest BCUT2D eigenvalue weighted by molar-refractivity contribution is 0.724. The van der Waals surface area contributed by atoms with Gasteiger partial charge in [0.1, 0.15) is 17.0 Å². The molecule has 5 heteroatoms. The number of aromatic nitrogens is 2. The molecule has 2 aromatic rings. The third-order valence-electron chi connectivity index (χ3n) is 3.35. The molecule has 18 heavy (non-hydrogen) atoms. The second-order valence-corrected chi connectivity index (χ2v) is 5.69. The first-order valence-electron chi connectivity index (χ1n) is 6.57. The Labute approximate surface area is 111 Å². The van der Waals surface area contributed by atoms with Crippen LogP contribution in [0.3, 0.4) is 0 Å². The Morgan fingerprint density at radius 1 is 1.33 bits per heavy atom. The number of fused-ring (bicyclic) bond motifs is 1. The van der Waals surface area contributed by atoms with Crippen LogP contribution in [0.5, 0.6) is 0 Å². The van der Waals surface area contributed by atoms with Gasteiger partial charge < -0.3 is 10.2 Å². The van der Waals surface area contributed by atoms with Crippen LogP contribution in [0, 0.1) is 0 Å². The van der Waals surface area contributed by atoms with E-state index in [9.17, 15) is 0 Å². The smallest absolute Gasteiger partial charge is 0.140 e. The van der Waals surface area contributed by atoms with E-state index in [2.05, 4.69) is 33.2 Å². The van der Waals surface area contributed by atoms with Gasteiger partial charge in [0, 0.05) is 24.5 Å². The molecule has 4 nitrogen and oxygen atoms in total. The Hall–Kier alpha value is -1.20. The quantitative estimate of drug-likeness (QED) is 0.899. The minimum atomic E-state index is 1.03. The number of nitrogens with zero attached hydrogens (tertiary/aromatic N) is 3. The van der Waals surface area contributed by atoms with Crippen LogP contribution in [-0.4, -0.2) is 36.1 Å². The second-order valence-electron chi connectivity index (χ2n) is 4.57. The zero-order valence-corrected chi connectivity index (χ0v) is 11.5. The molecule has 1 saturated heterocycles. The molecule has 0 unspecified atom stereocenters. The van der Waals surface area contributed by atoms with Gasteiger partial charge in [-0.05, 0) is 25.5 Å². The molecule has 96 valence electrons. The van der Waals surface area contributed by atoms with Crippen molar-refractivity contribution in [1.29, 1.82) is 0 Å². The molecule has 3 heterocycles. The van der Waals surface area contributed by atoms with E-state index >= 15 is 0 Å². The van der Waals surface area contributed by atoms with E-state index in [-0.39, 0.29) is 0 Å². The van der Waals surface area contributed by atoms with Gasteiger partial charge in [0.15, 0.2) is 0 Å². The van der Waals surface area contributed by atoms with E-state index in [1.165, 1.54) is 16.7 Å². The van der Waals surface area contributed by atoms with E-state index in [1.807, 2.05) is 0 Å². The van der Waals surface area contributed by atoms with Crippen LogP contribution in [0.15, 0.2) is 12.4 Å². The van der Waals surface area contributed by atoms with E-state index in [4.69, 9.17) is 0 Å². The van der Waals surface area contributed by atoms with Crippen LogP contribution in [0.2, 0.25) is 0 Å². The Kier molecular flexibility index (Phi) is 3.43. The Balaban J connectivity index is 2.01. The molecule has 0 bridgehead atoms. The van der Waals surface area contributed by atoms with Gasteiger partial charge in [0.2, 0.25) is 0 Å². The molecule has 0 atom stereocenters. The summed E-state index contributed by atoms with van der Waals surface area (Å²) in [7, 11) is 0. The number of nitrogens with one attached hydrogen (secondary N) is 1. The highest BCUT2D eigenvalue weighted by molar-refractivity contribution is 7.18. The molecule has 3 rings (SSSR count). The fraction of sp³-hybridized carbons (Fsp3) is 0.538. The van der Waals surface area contributed by atoms with Crippen LogP contribution in [0.4, 0.5) is 5.82 Å². The summed E-state index contributed by atoms with van der Waals surface area (Å²) in [5.74, 6) is 1.11. The predicted octanol–water partition coefficient (Wildman–Crippen LogP) is 2.05. The van der Waals surface area contributed by atoms with Crippen molar-refractivity contribution in [2.45, 2.75) is 19.8 Å². The van der Waals surface area contributed by atoms with Gasteiger partial charge in [-0.25, -0.2) is 9.97 Å². The Morgan fingerprint density at radius 2 is 2.28 bits per heavy atom. The highest BCUT2D eigenvalue weighted by Gasteiger charge is 2.15. The van der Waals surface area contributed by atoms with Crippen molar-refractivity contribution in [2.24, 2.45) is 0 Å². The molecule has 1 aliphatic heterocycles. The normalized spacial score (nSPS) is 17.1. The fourth-order valence-electron chi connectivity index (χ4n) is 2.38. The van der Waals surface area contributed by atoms with Gasteiger partial charge in [-0.1, -0.05) is 6.92 Å². The number of anilines is 1. The summed E-state index contributed by atoms with van der Waals surface area (Å²) in [5, 5.41) is 4.65. The topological polar surface area (TPSA) is 41.0 Å². The van der Waals surface area contributed by atoms with Gasteiger partial charge in [-0.15, -0.1) is 11.3 Å². The molecule has 1 aliphatic rings. The second kappa shape index (κ2) is 5.20. The fourth-order valence-corrected chi connectivity index (χ4v) is 3.31. The third kappa shape index (κ3) is 2.20. The number of thiophene rings is 1. The summed E-state index contributed by atoms with van der Waals surface area (Å²) in [5.41, 5.74) is 0. The van der Waals surface area contributed by atoms with E-state index < -0.39 is 0 Å². The highest BCUT2D eigenvalue weighted by Crippen LogP contribution is 2.30. The van der Waals surface area contributed by atoms with E-state index in [0.29, 0.717) is 0 Å². The molecule has 0 aliphatic carbocycles. The summed E-state index contributed by atoms with van der Waals surface area (Å²) in [6, 6.07) is 2.26. The SMILES string of the molecule is CCc1cc2c(N3CCCNCC3)ncnc2s1. The first kappa shape index (κ1) is 11.9. The van der Waals surface area contributed by atoms with Crippen molar-refractivity contribution >= 4 is 27.4 Å². The number of hydrogen-bond donors (Lipinski definition) is 1. The number of hydrogen-bond acceptors (Lipinski definition) is 5. The largest absolute Gasteiger partial charge is 0.355 e. The molecule has 0 aromatic carbocycles. The van der Waals surface area contributed by atoms with Gasteiger partial charge in [0.05, 0.1) is 5.39 Å². The predicted molar refractivity (Wildman–Crippen MR) is 76.5 cm³/mol. The van der Waals surface area contributed by atoms with Crippen molar-refractivity contribution in [3.8, 4) is 0 Å². The minimum absolute atomic E-state index is 1.03. The van der Waals surface area contributed by atoms with E-state index in [1.54, 1.807) is 17.7 Å². The zero-order valence-electron chi connectivity index (χ0n) is 10.6. The molecule has 0 saturated carbocycles. The molecular formula is C13H18N4S. The van der Waals surface area contributed by atoms with Crippen molar-refractivity contribution in [2.75, 3.05) is 31.1 Å². The summed E-state index contributed by atoms with van der Waals surface area (Å²) in [4.78, 5) is 13.8. The molecule has 1 N–H and O–H groups in total. The summed E-state index contributed by atoms with van der Waals surface area (Å²) in [6.07, 6.45) is 3.95. The van der Waals surface area contributed by atoms with Crippen molar-refractivity contribution in [3.63, 3.8) is 0 Å². The average Bonchev–Trinajstić information content (AvgIpc) is 2.64. The highest BCUT2D eigenvalue weighted by atomic mass is 32.1. The maximum absolute atomic E-state index is 4.51. The standard InChI is InChI=1S/C13H18N4S/c1-2-10-8-11-12(15-9-16-13(11)18-10)17-6-3-4-14-5-7-17/h8-9,14H,2-7H2,1H3. The number of aryl methyl sites for hydroxylation is 1. The summed E-state index contributed by atoms with van der Waals surface area (Å²) >= 11 is 1.79. The summed E-state index contributed by atoms with van der Waals surface area (Å²) < 4.78 is 0.